The summed E-state index contributed by atoms with van der Waals surface area (Å²) in [5.74, 6) is 1.94. The fourth-order valence-electron chi connectivity index (χ4n) is 6.49. The minimum absolute atomic E-state index is 0. The highest BCUT2D eigenvalue weighted by molar-refractivity contribution is 5.99. The van der Waals surface area contributed by atoms with E-state index in [1.165, 1.54) is 0 Å². The third kappa shape index (κ3) is 3.04. The van der Waals surface area contributed by atoms with Crippen LogP contribution in [0.25, 0.3) is 21.8 Å². The van der Waals surface area contributed by atoms with Crippen LogP contribution in [0.1, 0.15) is 29.1 Å². The van der Waals surface area contributed by atoms with Gasteiger partial charge in [0, 0.05) is 40.2 Å². The van der Waals surface area contributed by atoms with Crippen molar-refractivity contribution >= 4 is 33.6 Å². The molecule has 3 heterocycles. The molecule has 4 aromatic rings. The molecule has 4 atom stereocenters. The number of fused-ring (bicyclic) bond motifs is 6. The number of rotatable bonds is 2. The monoisotopic (exact) mass is 466 g/mol. The van der Waals surface area contributed by atoms with Crippen molar-refractivity contribution < 1.29 is 12.4 Å². The van der Waals surface area contributed by atoms with Crippen molar-refractivity contribution in [1.29, 1.82) is 5.26 Å². The number of nitrogens with one attached hydrogen (secondary N) is 1. The minimum Gasteiger partial charge on any atom is -0.338 e. The topological polar surface area (TPSA) is 106 Å². The van der Waals surface area contributed by atoms with E-state index in [0.29, 0.717) is 45.9 Å². The van der Waals surface area contributed by atoms with E-state index in [2.05, 4.69) is 21.5 Å². The number of amides is 2. The second-order valence-electron chi connectivity index (χ2n) is 9.99. The van der Waals surface area contributed by atoms with Gasteiger partial charge in [-0.3, -0.25) is 9.59 Å². The van der Waals surface area contributed by atoms with Gasteiger partial charge < -0.3 is 9.80 Å². The van der Waals surface area contributed by atoms with Crippen LogP contribution in [-0.4, -0.2) is 63.2 Å². The maximum Gasteiger partial charge on any atom is 0.253 e. The van der Waals surface area contributed by atoms with Gasteiger partial charge in [0.15, 0.2) is 0 Å². The summed E-state index contributed by atoms with van der Waals surface area (Å²) in [4.78, 5) is 30.4. The maximum atomic E-state index is 13.3. The smallest absolute Gasteiger partial charge is 0.253 e. The van der Waals surface area contributed by atoms with Gasteiger partial charge in [0.05, 0.1) is 11.6 Å². The number of nitriles is 1. The van der Waals surface area contributed by atoms with Gasteiger partial charge >= 0.3 is 0 Å². The molecule has 0 radical (unpaired) electrons. The van der Waals surface area contributed by atoms with Gasteiger partial charge in [0.2, 0.25) is 0 Å². The van der Waals surface area contributed by atoms with Crippen LogP contribution in [0.5, 0.6) is 0 Å². The molecule has 8 heteroatoms. The molecular formula is C27H26N6O2. The van der Waals surface area contributed by atoms with Crippen molar-refractivity contribution in [3.8, 4) is 6.07 Å². The van der Waals surface area contributed by atoms with Crippen molar-refractivity contribution in [2.24, 2.45) is 23.7 Å². The molecule has 2 saturated heterocycles. The Hall–Kier alpha value is -4.25. The number of carbonyl (C=O) groups excluding carboxylic acids is 2. The molecule has 0 spiro atoms. The normalized spacial score (nSPS) is 24.8. The molecular weight excluding hydrogens is 440 g/mol. The average Bonchev–Trinajstić information content (AvgIpc) is 3.61. The highest BCUT2D eigenvalue weighted by atomic mass is 16.2. The number of hydrogen-bond donors (Lipinski definition) is 1. The molecule has 2 unspecified atom stereocenters. The number of aromatic amines is 1. The first kappa shape index (κ1) is 20.2. The summed E-state index contributed by atoms with van der Waals surface area (Å²) in [5, 5.41) is 21.8. The molecule has 0 bridgehead atoms. The van der Waals surface area contributed by atoms with Crippen LogP contribution in [-0.2, 0) is 0 Å². The Morgan fingerprint density at radius 2 is 1.31 bits per heavy atom. The van der Waals surface area contributed by atoms with Crippen molar-refractivity contribution in [3.63, 3.8) is 0 Å². The molecule has 2 amide bonds. The van der Waals surface area contributed by atoms with Gasteiger partial charge in [0.25, 0.3) is 11.8 Å². The molecule has 1 saturated carbocycles. The number of benzene rings is 3. The zero-order valence-corrected chi connectivity index (χ0v) is 18.9. The second kappa shape index (κ2) is 7.37. The lowest BCUT2D eigenvalue weighted by atomic mass is 9.60. The van der Waals surface area contributed by atoms with E-state index in [1.54, 1.807) is 12.1 Å². The van der Waals surface area contributed by atoms with E-state index in [-0.39, 0.29) is 14.7 Å². The van der Waals surface area contributed by atoms with Crippen LogP contribution in [0.3, 0.4) is 0 Å². The van der Waals surface area contributed by atoms with Gasteiger partial charge in [-0.25, -0.2) is 0 Å². The lowest BCUT2D eigenvalue weighted by molar-refractivity contribution is 0.0629. The van der Waals surface area contributed by atoms with E-state index >= 15 is 0 Å². The van der Waals surface area contributed by atoms with Crippen LogP contribution >= 0.6 is 0 Å². The number of likely N-dealkylation sites (tertiary alicyclic amines) is 2. The van der Waals surface area contributed by atoms with Crippen LogP contribution in [0.2, 0.25) is 0 Å². The summed E-state index contributed by atoms with van der Waals surface area (Å²) in [7, 11) is 0. The van der Waals surface area contributed by atoms with Gasteiger partial charge in [-0.05, 0) is 76.9 Å². The lowest BCUT2D eigenvalue weighted by Crippen LogP contribution is -2.44. The van der Waals surface area contributed by atoms with Gasteiger partial charge in [-0.2, -0.15) is 20.7 Å². The Morgan fingerprint density at radius 1 is 0.771 bits per heavy atom. The SMILES string of the molecule is N#Cc1ccc2cc(C(=O)N3CC4C(C3)[C@@H]3CN(C(=O)c5ccc6n[nH]nc6c5)C[C@H]43)ccc2c1.[HH].[HH]. The highest BCUT2D eigenvalue weighted by Gasteiger charge is 2.59. The van der Waals surface area contributed by atoms with Gasteiger partial charge in [0.1, 0.15) is 11.0 Å². The number of H-pyrrole nitrogens is 1. The fraction of sp³-hybridized carbons (Fsp3) is 0.296. The highest BCUT2D eigenvalue weighted by Crippen LogP contribution is 2.54. The fourth-order valence-corrected chi connectivity index (χ4v) is 6.49. The van der Waals surface area contributed by atoms with E-state index in [9.17, 15) is 9.59 Å². The molecule has 8 nitrogen and oxygen atoms in total. The first-order valence-corrected chi connectivity index (χ1v) is 11.9. The third-order valence-electron chi connectivity index (χ3n) is 8.28. The zero-order chi connectivity index (χ0) is 23.7. The third-order valence-corrected chi connectivity index (χ3v) is 8.28. The summed E-state index contributed by atoms with van der Waals surface area (Å²) < 4.78 is 0. The molecule has 1 N–H and O–H groups in total. The van der Waals surface area contributed by atoms with Crippen LogP contribution < -0.4 is 0 Å². The standard InChI is InChI=1S/C27H22N6O2.2H2/c28-10-15-1-2-17-8-18(4-3-16(17)7-15)26(34)32-11-20-21(12-32)23-14-33(13-22(20)23)27(35)19-5-6-24-25(9-19)30-31-29-24;;/h1-9,20-23H,11-14H2,(H,29,30,31);2*1H/t20?,21?,22-,23+;;. The predicted octanol–water partition coefficient (Wildman–Crippen LogP) is 3.56. The lowest BCUT2D eigenvalue weighted by Gasteiger charge is -2.42. The largest absolute Gasteiger partial charge is 0.338 e. The number of hydrogen-bond acceptors (Lipinski definition) is 5. The van der Waals surface area contributed by atoms with Crippen molar-refractivity contribution in [3.05, 3.63) is 71.3 Å². The van der Waals surface area contributed by atoms with Crippen molar-refractivity contribution in [1.82, 2.24) is 25.2 Å². The molecule has 176 valence electrons. The summed E-state index contributed by atoms with van der Waals surface area (Å²) in [6, 6.07) is 18.8. The van der Waals surface area contributed by atoms with Crippen molar-refractivity contribution in [2.75, 3.05) is 26.2 Å². The first-order valence-electron chi connectivity index (χ1n) is 11.9. The predicted molar refractivity (Wildman–Crippen MR) is 133 cm³/mol. The van der Waals surface area contributed by atoms with Crippen LogP contribution in [0, 0.1) is 35.0 Å². The number of aromatic nitrogens is 3. The summed E-state index contributed by atoms with van der Waals surface area (Å²) in [6.45, 7) is 3.01. The molecule has 3 aromatic carbocycles. The average molecular weight is 467 g/mol. The second-order valence-corrected chi connectivity index (χ2v) is 9.99. The van der Waals surface area contributed by atoms with Gasteiger partial charge in [-0.1, -0.05) is 12.1 Å². The number of carbonyl (C=O) groups is 2. The van der Waals surface area contributed by atoms with Gasteiger partial charge in [-0.15, -0.1) is 0 Å². The van der Waals surface area contributed by atoms with E-state index < -0.39 is 0 Å². The molecule has 1 aliphatic carbocycles. The first-order chi connectivity index (χ1) is 17.1. The van der Waals surface area contributed by atoms with Crippen molar-refractivity contribution in [2.45, 2.75) is 0 Å². The Labute approximate surface area is 204 Å². The van der Waals surface area contributed by atoms with E-state index in [1.807, 2.05) is 52.3 Å². The molecule has 3 fully saturated rings. The van der Waals surface area contributed by atoms with Crippen LogP contribution in [0.15, 0.2) is 54.6 Å². The Balaban J connectivity index is 0.00000140. The molecule has 2 aliphatic heterocycles. The molecule has 1 aromatic heterocycles. The Bertz CT molecular complexity index is 1560. The van der Waals surface area contributed by atoms with E-state index in [4.69, 9.17) is 5.26 Å². The molecule has 3 aliphatic rings. The Morgan fingerprint density at radius 3 is 1.97 bits per heavy atom. The maximum absolute atomic E-state index is 13.3. The zero-order valence-electron chi connectivity index (χ0n) is 18.9. The Kier molecular flexibility index (Phi) is 4.25. The summed E-state index contributed by atoms with van der Waals surface area (Å²) in [6.07, 6.45) is 0. The molecule has 7 rings (SSSR count). The quantitative estimate of drug-likeness (QED) is 0.486. The summed E-state index contributed by atoms with van der Waals surface area (Å²) >= 11 is 0. The van der Waals surface area contributed by atoms with Crippen LogP contribution in [0.4, 0.5) is 0 Å². The number of nitrogens with zero attached hydrogens (tertiary/aromatic N) is 5. The summed E-state index contributed by atoms with van der Waals surface area (Å²) in [5.41, 5.74) is 3.40. The minimum atomic E-state index is 0. The molecule has 35 heavy (non-hydrogen) atoms. The van der Waals surface area contributed by atoms with E-state index in [0.717, 1.165) is 42.5 Å².